The Morgan fingerprint density at radius 2 is 2.08 bits per heavy atom. The molecule has 1 amide bonds. The van der Waals surface area contributed by atoms with Crippen molar-refractivity contribution in [3.8, 4) is 0 Å². The molecule has 1 saturated heterocycles. The molecule has 0 N–H and O–H groups in total. The molecule has 3 heterocycles. The van der Waals surface area contributed by atoms with Gasteiger partial charge < -0.3 is 9.42 Å². The number of sulfonamides is 1. The van der Waals surface area contributed by atoms with Crippen molar-refractivity contribution in [1.82, 2.24) is 14.4 Å². The quantitative estimate of drug-likeness (QED) is 0.772. The number of hydrogen-bond donors (Lipinski definition) is 0. The number of aromatic nitrogens is 1. The molecular weight excluding hydrogens is 374 g/mol. The second kappa shape index (κ2) is 7.89. The molecule has 9 heteroatoms. The molecule has 2 aromatic rings. The lowest BCUT2D eigenvalue weighted by atomic mass is 10.2. The van der Waals surface area contributed by atoms with Gasteiger partial charge in [0, 0.05) is 32.6 Å². The fraction of sp³-hybridized carbons (Fsp3) is 0.529. The Hall–Kier alpha value is -1.71. The van der Waals surface area contributed by atoms with Gasteiger partial charge in [0.25, 0.3) is 0 Å². The van der Waals surface area contributed by atoms with Gasteiger partial charge in [0.2, 0.25) is 15.9 Å². The van der Waals surface area contributed by atoms with E-state index in [0.29, 0.717) is 43.9 Å². The summed E-state index contributed by atoms with van der Waals surface area (Å²) in [6.07, 6.45) is 1.79. The number of aryl methyl sites for hydroxylation is 3. The van der Waals surface area contributed by atoms with Crippen LogP contribution >= 0.6 is 11.3 Å². The van der Waals surface area contributed by atoms with Gasteiger partial charge >= 0.3 is 0 Å². The Bertz CT molecular complexity index is 839. The number of nitrogens with zero attached hydrogens (tertiary/aromatic N) is 3. The lowest BCUT2D eigenvalue weighted by Gasteiger charge is -2.22. The van der Waals surface area contributed by atoms with Crippen LogP contribution in [-0.2, 0) is 21.2 Å². The molecule has 0 aliphatic carbocycles. The van der Waals surface area contributed by atoms with Crippen LogP contribution in [0, 0.1) is 13.8 Å². The molecule has 0 saturated carbocycles. The van der Waals surface area contributed by atoms with Crippen molar-refractivity contribution in [2.24, 2.45) is 0 Å². The molecule has 142 valence electrons. The van der Waals surface area contributed by atoms with Crippen molar-refractivity contribution in [1.29, 1.82) is 0 Å². The topological polar surface area (TPSA) is 83.7 Å². The van der Waals surface area contributed by atoms with Crippen LogP contribution in [0.15, 0.2) is 26.2 Å². The number of carbonyl (C=O) groups is 1. The maximum atomic E-state index is 12.9. The molecule has 1 fully saturated rings. The summed E-state index contributed by atoms with van der Waals surface area (Å²) in [5.41, 5.74) is 1.54. The monoisotopic (exact) mass is 397 g/mol. The number of carbonyl (C=O) groups excluding carboxylic acids is 1. The fourth-order valence-corrected chi connectivity index (χ4v) is 5.66. The zero-order chi connectivity index (χ0) is 18.7. The van der Waals surface area contributed by atoms with E-state index in [-0.39, 0.29) is 17.3 Å². The van der Waals surface area contributed by atoms with Crippen molar-refractivity contribution in [2.45, 2.75) is 38.0 Å². The Balaban J connectivity index is 1.63. The first kappa shape index (κ1) is 19.1. The van der Waals surface area contributed by atoms with Crippen molar-refractivity contribution >= 4 is 27.3 Å². The van der Waals surface area contributed by atoms with Gasteiger partial charge in [-0.1, -0.05) is 5.16 Å². The molecule has 7 nitrogen and oxygen atoms in total. The summed E-state index contributed by atoms with van der Waals surface area (Å²) in [7, 11) is -3.66. The highest BCUT2D eigenvalue weighted by molar-refractivity contribution is 7.89. The van der Waals surface area contributed by atoms with Gasteiger partial charge in [0.15, 0.2) is 5.76 Å². The van der Waals surface area contributed by atoms with Crippen LogP contribution in [0.2, 0.25) is 0 Å². The first-order valence-electron chi connectivity index (χ1n) is 8.61. The smallest absolute Gasteiger partial charge is 0.248 e. The van der Waals surface area contributed by atoms with Gasteiger partial charge in [-0.3, -0.25) is 4.79 Å². The molecule has 1 aliphatic heterocycles. The standard InChI is InChI=1S/C17H23N3O4S2/c1-13-17(14(2)24-18-13)26(22,23)20-8-3-7-19(9-10-20)16(21)5-4-15-6-11-25-12-15/h6,11-12H,3-5,7-10H2,1-2H3. The highest BCUT2D eigenvalue weighted by Gasteiger charge is 2.32. The zero-order valence-corrected chi connectivity index (χ0v) is 16.6. The van der Waals surface area contributed by atoms with Crippen molar-refractivity contribution in [2.75, 3.05) is 26.2 Å². The van der Waals surface area contributed by atoms with Crippen LogP contribution in [0.25, 0.3) is 0 Å². The minimum Gasteiger partial charge on any atom is -0.360 e. The summed E-state index contributed by atoms with van der Waals surface area (Å²) in [6, 6.07) is 2.03. The van der Waals surface area contributed by atoms with E-state index < -0.39 is 10.0 Å². The van der Waals surface area contributed by atoms with Gasteiger partial charge in [-0.05, 0) is 49.1 Å². The van der Waals surface area contributed by atoms with Gasteiger partial charge in [0.1, 0.15) is 10.6 Å². The fourth-order valence-electron chi connectivity index (χ4n) is 3.20. The van der Waals surface area contributed by atoms with Crippen LogP contribution in [0.4, 0.5) is 0 Å². The zero-order valence-electron chi connectivity index (χ0n) is 15.0. The summed E-state index contributed by atoms with van der Waals surface area (Å²) in [5.74, 6) is 0.378. The molecule has 3 rings (SSSR count). The summed E-state index contributed by atoms with van der Waals surface area (Å²) in [6.45, 7) is 4.89. The summed E-state index contributed by atoms with van der Waals surface area (Å²) < 4.78 is 32.3. The van der Waals surface area contributed by atoms with E-state index in [0.717, 1.165) is 6.42 Å². The highest BCUT2D eigenvalue weighted by Crippen LogP contribution is 2.24. The number of hydrogen-bond acceptors (Lipinski definition) is 6. The van der Waals surface area contributed by atoms with E-state index in [4.69, 9.17) is 4.52 Å². The lowest BCUT2D eigenvalue weighted by Crippen LogP contribution is -2.37. The summed E-state index contributed by atoms with van der Waals surface area (Å²) in [5, 5.41) is 7.80. The third-order valence-corrected chi connectivity index (χ3v) is 7.46. The predicted molar refractivity (Wildman–Crippen MR) is 98.6 cm³/mol. The molecule has 0 bridgehead atoms. The predicted octanol–water partition coefficient (Wildman–Crippen LogP) is 2.21. The van der Waals surface area contributed by atoms with Crippen LogP contribution < -0.4 is 0 Å². The van der Waals surface area contributed by atoms with Gasteiger partial charge in [-0.25, -0.2) is 8.42 Å². The number of amides is 1. The number of rotatable bonds is 5. The third-order valence-electron chi connectivity index (χ3n) is 4.58. The molecule has 2 aromatic heterocycles. The van der Waals surface area contributed by atoms with Crippen LogP contribution in [-0.4, -0.2) is 54.9 Å². The van der Waals surface area contributed by atoms with Gasteiger partial charge in [-0.15, -0.1) is 0 Å². The molecule has 0 atom stereocenters. The molecule has 26 heavy (non-hydrogen) atoms. The largest absolute Gasteiger partial charge is 0.360 e. The van der Waals surface area contributed by atoms with Crippen molar-refractivity contribution in [3.05, 3.63) is 33.8 Å². The first-order valence-corrected chi connectivity index (χ1v) is 11.0. The van der Waals surface area contributed by atoms with E-state index >= 15 is 0 Å². The number of thiophene rings is 1. The van der Waals surface area contributed by atoms with Gasteiger partial charge in [0.05, 0.1) is 0 Å². The van der Waals surface area contributed by atoms with E-state index in [9.17, 15) is 13.2 Å². The Kier molecular flexibility index (Phi) is 5.79. The first-order chi connectivity index (χ1) is 12.4. The van der Waals surface area contributed by atoms with Crippen molar-refractivity contribution in [3.63, 3.8) is 0 Å². The van der Waals surface area contributed by atoms with E-state index in [2.05, 4.69) is 5.16 Å². The van der Waals surface area contributed by atoms with E-state index in [1.165, 1.54) is 9.87 Å². The maximum Gasteiger partial charge on any atom is 0.248 e. The molecular formula is C17H23N3O4S2. The highest BCUT2D eigenvalue weighted by atomic mass is 32.2. The van der Waals surface area contributed by atoms with Crippen LogP contribution in [0.3, 0.4) is 0 Å². The maximum absolute atomic E-state index is 12.9. The van der Waals surface area contributed by atoms with E-state index in [1.54, 1.807) is 30.1 Å². The van der Waals surface area contributed by atoms with Crippen molar-refractivity contribution < 1.29 is 17.7 Å². The second-order valence-corrected chi connectivity index (χ2v) is 9.08. The minimum atomic E-state index is -3.66. The lowest BCUT2D eigenvalue weighted by molar-refractivity contribution is -0.131. The molecule has 0 radical (unpaired) electrons. The third kappa shape index (κ3) is 3.99. The molecule has 0 aromatic carbocycles. The normalized spacial score (nSPS) is 16.6. The van der Waals surface area contributed by atoms with E-state index in [1.807, 2.05) is 16.8 Å². The average molecular weight is 398 g/mol. The minimum absolute atomic E-state index is 0.0767. The second-order valence-electron chi connectivity index (χ2n) is 6.42. The summed E-state index contributed by atoms with van der Waals surface area (Å²) in [4.78, 5) is 14.4. The Labute approximate surface area is 157 Å². The van der Waals surface area contributed by atoms with Gasteiger partial charge in [-0.2, -0.15) is 15.6 Å². The molecule has 0 unspecified atom stereocenters. The molecule has 1 aliphatic rings. The SMILES string of the molecule is Cc1noc(C)c1S(=O)(=O)N1CCCN(C(=O)CCc2ccsc2)CC1. The average Bonchev–Trinajstić information content (AvgIpc) is 3.15. The van der Waals surface area contributed by atoms with Crippen LogP contribution in [0.1, 0.15) is 29.9 Å². The van der Waals surface area contributed by atoms with Crippen LogP contribution in [0.5, 0.6) is 0 Å². The molecule has 0 spiro atoms. The summed E-state index contributed by atoms with van der Waals surface area (Å²) >= 11 is 1.62. The Morgan fingerprint density at radius 3 is 2.73 bits per heavy atom. The Morgan fingerprint density at radius 1 is 1.27 bits per heavy atom.